The molecule has 0 rings (SSSR count). The Bertz CT molecular complexity index is 141. The van der Waals surface area contributed by atoms with Crippen molar-refractivity contribution in [2.45, 2.75) is 31.9 Å². The van der Waals surface area contributed by atoms with Gasteiger partial charge in [-0.1, -0.05) is 6.92 Å². The molecule has 0 N–H and O–H groups in total. The molecular formula is C10H22OS4. The summed E-state index contributed by atoms with van der Waals surface area (Å²) in [6, 6.07) is 0. The number of Topliss-reactive ketones (excluding diaryl/α,β-unsaturated/α-hetero) is 1. The van der Waals surface area contributed by atoms with Crippen LogP contribution in [-0.2, 0) is 4.79 Å². The van der Waals surface area contributed by atoms with Gasteiger partial charge in [0, 0.05) is 28.9 Å². The second kappa shape index (κ2) is 15.1. The topological polar surface area (TPSA) is 17.1 Å². The smallest absolute Gasteiger partial charge is 0.129 e. The first-order valence-corrected chi connectivity index (χ1v) is 7.99. The Labute approximate surface area is 115 Å². The molecule has 0 fully saturated rings. The predicted molar refractivity (Wildman–Crippen MR) is 83.4 cm³/mol. The van der Waals surface area contributed by atoms with E-state index in [0.717, 1.165) is 35.9 Å². The second-order valence-corrected chi connectivity index (χ2v) is 5.78. The van der Waals surface area contributed by atoms with Gasteiger partial charge < -0.3 is 4.79 Å². The quantitative estimate of drug-likeness (QED) is 0.492. The molecule has 0 aliphatic rings. The highest BCUT2D eigenvalue weighted by Crippen LogP contribution is 2.08. The van der Waals surface area contributed by atoms with Gasteiger partial charge in [-0.05, 0) is 19.1 Å². The molecule has 15 heavy (non-hydrogen) atoms. The largest absolute Gasteiger partial charge is 0.300 e. The van der Waals surface area contributed by atoms with Crippen LogP contribution < -0.4 is 0 Å². The molecule has 1 unspecified atom stereocenters. The van der Waals surface area contributed by atoms with Crippen molar-refractivity contribution < 1.29 is 4.79 Å². The van der Waals surface area contributed by atoms with Gasteiger partial charge in [-0.25, -0.2) is 0 Å². The number of carbonyl (C=O) groups excluding carboxylic acids is 1. The highest BCUT2D eigenvalue weighted by atomic mass is 32.2. The number of hydrogen-bond acceptors (Lipinski definition) is 5. The van der Waals surface area contributed by atoms with Gasteiger partial charge in [-0.15, -0.1) is 0 Å². The molecule has 0 aromatic heterocycles. The first-order valence-electron chi connectivity index (χ1n) is 5.05. The van der Waals surface area contributed by atoms with E-state index in [9.17, 15) is 4.79 Å². The molecule has 0 saturated heterocycles. The Morgan fingerprint density at radius 1 is 1.40 bits per heavy atom. The van der Waals surface area contributed by atoms with E-state index in [1.165, 1.54) is 0 Å². The van der Waals surface area contributed by atoms with Crippen molar-refractivity contribution in [3.63, 3.8) is 0 Å². The average Bonchev–Trinajstić information content (AvgIpc) is 2.18. The minimum absolute atomic E-state index is 0.289. The molecule has 0 radical (unpaired) electrons. The summed E-state index contributed by atoms with van der Waals surface area (Å²) >= 11 is 14.4. The normalized spacial score (nSPS) is 11.5. The van der Waals surface area contributed by atoms with Crippen LogP contribution in [-0.4, -0.2) is 34.0 Å². The summed E-state index contributed by atoms with van der Waals surface area (Å²) in [5.74, 6) is 4.32. The summed E-state index contributed by atoms with van der Waals surface area (Å²) in [4.78, 5) is 10.0. The van der Waals surface area contributed by atoms with Crippen LogP contribution in [0.5, 0.6) is 0 Å². The molecule has 5 heteroatoms. The molecule has 1 atom stereocenters. The van der Waals surface area contributed by atoms with Crippen LogP contribution in [0.1, 0.15) is 26.7 Å². The van der Waals surface area contributed by atoms with Gasteiger partial charge in [0.1, 0.15) is 5.78 Å². The van der Waals surface area contributed by atoms with Crippen molar-refractivity contribution in [2.24, 2.45) is 0 Å². The van der Waals surface area contributed by atoms with Gasteiger partial charge in [-0.2, -0.15) is 49.6 Å². The Morgan fingerprint density at radius 3 is 2.27 bits per heavy atom. The molecule has 0 aliphatic carbocycles. The van der Waals surface area contributed by atoms with Gasteiger partial charge in [0.15, 0.2) is 0 Å². The first-order chi connectivity index (χ1) is 7.08. The molecule has 0 aromatic rings. The van der Waals surface area contributed by atoms with Crippen molar-refractivity contribution in [1.29, 1.82) is 0 Å². The molecule has 1 nitrogen and oxygen atoms in total. The highest BCUT2D eigenvalue weighted by Gasteiger charge is 1.97. The van der Waals surface area contributed by atoms with Crippen LogP contribution in [0.4, 0.5) is 0 Å². The van der Waals surface area contributed by atoms with Gasteiger partial charge >= 0.3 is 0 Å². The van der Waals surface area contributed by atoms with E-state index >= 15 is 0 Å². The van der Waals surface area contributed by atoms with Crippen molar-refractivity contribution in [3.05, 3.63) is 0 Å². The fourth-order valence-electron chi connectivity index (χ4n) is 0.689. The van der Waals surface area contributed by atoms with Crippen LogP contribution in [0.3, 0.4) is 0 Å². The number of thiol groups is 3. The summed E-state index contributed by atoms with van der Waals surface area (Å²) < 4.78 is 0. The van der Waals surface area contributed by atoms with Crippen LogP contribution in [0.15, 0.2) is 0 Å². The van der Waals surface area contributed by atoms with E-state index in [4.69, 9.17) is 0 Å². The predicted octanol–water partition coefficient (Wildman–Crippen LogP) is 3.25. The standard InChI is InChI=1S/C5H10O.C5H12S4/c1-3-4-5(2)6;6-1-2-9-4-5(8)3-7/h3-4H2,1-2H3;5-8H,1-4H2. The molecule has 0 bridgehead atoms. The van der Waals surface area contributed by atoms with Gasteiger partial charge in [0.05, 0.1) is 0 Å². The lowest BCUT2D eigenvalue weighted by atomic mass is 10.3. The van der Waals surface area contributed by atoms with Crippen LogP contribution in [0.2, 0.25) is 0 Å². The fourth-order valence-corrected chi connectivity index (χ4v) is 2.38. The van der Waals surface area contributed by atoms with Crippen molar-refractivity contribution in [3.8, 4) is 0 Å². The first kappa shape index (κ1) is 18.4. The molecule has 0 saturated carbocycles. The highest BCUT2D eigenvalue weighted by molar-refractivity contribution is 8.00. The van der Waals surface area contributed by atoms with Crippen molar-refractivity contribution in [1.82, 2.24) is 0 Å². The van der Waals surface area contributed by atoms with E-state index in [1.807, 2.05) is 18.7 Å². The molecule has 0 aliphatic heterocycles. The SMILES string of the molecule is CCCC(C)=O.SCCSCC(S)CS. The lowest BCUT2D eigenvalue weighted by Crippen LogP contribution is -2.04. The lowest BCUT2D eigenvalue weighted by molar-refractivity contribution is -0.117. The summed E-state index contributed by atoms with van der Waals surface area (Å²) in [5, 5.41) is 0.443. The van der Waals surface area contributed by atoms with Gasteiger partial charge in [0.2, 0.25) is 0 Å². The molecule has 0 aromatic carbocycles. The minimum Gasteiger partial charge on any atom is -0.300 e. The summed E-state index contributed by atoms with van der Waals surface area (Å²) in [6.45, 7) is 3.62. The maximum Gasteiger partial charge on any atom is 0.129 e. The zero-order chi connectivity index (χ0) is 12.1. The minimum atomic E-state index is 0.289. The van der Waals surface area contributed by atoms with E-state index in [2.05, 4.69) is 37.9 Å². The molecular weight excluding hydrogens is 264 g/mol. The van der Waals surface area contributed by atoms with Crippen LogP contribution >= 0.6 is 49.6 Å². The number of hydrogen-bond donors (Lipinski definition) is 3. The average molecular weight is 287 g/mol. The third-order valence-corrected chi connectivity index (χ3v) is 4.36. The zero-order valence-electron chi connectivity index (χ0n) is 9.48. The number of carbonyl (C=O) groups is 1. The Kier molecular flexibility index (Phi) is 18.5. The summed E-state index contributed by atoms with van der Waals surface area (Å²) in [7, 11) is 0. The number of thioether (sulfide) groups is 1. The Balaban J connectivity index is 0. The molecule has 92 valence electrons. The maximum atomic E-state index is 10.0. The Hall–Kier alpha value is 1.07. The Morgan fingerprint density at radius 2 is 2.00 bits per heavy atom. The van der Waals surface area contributed by atoms with E-state index in [-0.39, 0.29) is 5.78 Å². The maximum absolute atomic E-state index is 10.0. The van der Waals surface area contributed by atoms with Gasteiger partial charge in [0.25, 0.3) is 0 Å². The molecule has 0 amide bonds. The molecule has 0 heterocycles. The van der Waals surface area contributed by atoms with Gasteiger partial charge in [-0.3, -0.25) is 0 Å². The zero-order valence-corrected chi connectivity index (χ0v) is 13.0. The monoisotopic (exact) mass is 286 g/mol. The van der Waals surface area contributed by atoms with Crippen LogP contribution in [0.25, 0.3) is 0 Å². The third kappa shape index (κ3) is 21.0. The number of ketones is 1. The van der Waals surface area contributed by atoms with Crippen molar-refractivity contribution in [2.75, 3.05) is 23.0 Å². The fraction of sp³-hybridized carbons (Fsp3) is 0.900. The summed E-state index contributed by atoms with van der Waals surface area (Å²) in [5.41, 5.74) is 0. The van der Waals surface area contributed by atoms with Crippen molar-refractivity contribution >= 4 is 55.4 Å². The molecule has 0 spiro atoms. The number of rotatable bonds is 7. The van der Waals surface area contributed by atoms with E-state index < -0.39 is 0 Å². The van der Waals surface area contributed by atoms with E-state index in [0.29, 0.717) is 5.25 Å². The lowest BCUT2D eigenvalue weighted by Gasteiger charge is -2.04. The van der Waals surface area contributed by atoms with E-state index in [1.54, 1.807) is 6.92 Å². The summed E-state index contributed by atoms with van der Waals surface area (Å²) in [6.07, 6.45) is 1.72. The third-order valence-electron chi connectivity index (χ3n) is 1.36. The van der Waals surface area contributed by atoms with Crippen LogP contribution in [0, 0.1) is 0 Å². The second-order valence-electron chi connectivity index (χ2n) is 3.09.